The van der Waals surface area contributed by atoms with Crippen molar-refractivity contribution >= 4 is 11.6 Å². The van der Waals surface area contributed by atoms with Crippen LogP contribution in [-0.2, 0) is 6.42 Å². The molecule has 0 fully saturated rings. The zero-order valence-electron chi connectivity index (χ0n) is 9.73. The van der Waals surface area contributed by atoms with Crippen LogP contribution < -0.4 is 10.6 Å². The molecule has 2 N–H and O–H groups in total. The highest BCUT2D eigenvalue weighted by atomic mass is 19.4. The van der Waals surface area contributed by atoms with Gasteiger partial charge >= 0.3 is 6.18 Å². The first kappa shape index (κ1) is 13.5. The van der Waals surface area contributed by atoms with Gasteiger partial charge in [0.2, 0.25) is 0 Å². The van der Waals surface area contributed by atoms with Crippen LogP contribution in [0.5, 0.6) is 0 Å². The summed E-state index contributed by atoms with van der Waals surface area (Å²) < 4.78 is 36.4. The normalized spacial score (nSPS) is 11.4. The van der Waals surface area contributed by atoms with Crippen LogP contribution in [0.4, 0.5) is 24.8 Å². The number of hydrogen-bond donors (Lipinski definition) is 2. The maximum Gasteiger partial charge on any atom is 0.405 e. The van der Waals surface area contributed by atoms with Crippen molar-refractivity contribution in [2.75, 3.05) is 24.2 Å². The fourth-order valence-corrected chi connectivity index (χ4v) is 1.45. The first-order valence-electron chi connectivity index (χ1n) is 5.30. The Morgan fingerprint density at radius 2 is 1.88 bits per heavy atom. The maximum atomic E-state index is 12.1. The molecule has 0 bridgehead atoms. The van der Waals surface area contributed by atoms with E-state index in [9.17, 15) is 13.2 Å². The summed E-state index contributed by atoms with van der Waals surface area (Å²) in [6.45, 7) is 0.851. The smallest absolute Gasteiger partial charge is 0.373 e. The molecule has 0 aliphatic carbocycles. The Labute approximate surface area is 97.7 Å². The predicted octanol–water partition coefficient (Wildman–Crippen LogP) is 2.45. The van der Waals surface area contributed by atoms with Crippen LogP contribution in [0.3, 0.4) is 0 Å². The first-order chi connectivity index (χ1) is 7.98. The molecule has 1 aromatic heterocycles. The molecule has 1 rings (SSSR count). The van der Waals surface area contributed by atoms with E-state index in [1.165, 1.54) is 6.33 Å². The second-order valence-corrected chi connectivity index (χ2v) is 3.52. The van der Waals surface area contributed by atoms with Crippen LogP contribution in [0.2, 0.25) is 0 Å². The van der Waals surface area contributed by atoms with E-state index in [1.807, 2.05) is 6.92 Å². The van der Waals surface area contributed by atoms with Crippen molar-refractivity contribution in [1.82, 2.24) is 9.97 Å². The average Bonchev–Trinajstić information content (AvgIpc) is 2.27. The van der Waals surface area contributed by atoms with E-state index in [0.29, 0.717) is 17.8 Å². The van der Waals surface area contributed by atoms with Crippen LogP contribution in [0.1, 0.15) is 18.9 Å². The summed E-state index contributed by atoms with van der Waals surface area (Å²) >= 11 is 0. The van der Waals surface area contributed by atoms with Crippen LogP contribution in [0, 0.1) is 0 Å². The highest BCUT2D eigenvalue weighted by Crippen LogP contribution is 2.23. The van der Waals surface area contributed by atoms with Crippen molar-refractivity contribution in [1.29, 1.82) is 0 Å². The van der Waals surface area contributed by atoms with Crippen LogP contribution in [-0.4, -0.2) is 29.7 Å². The first-order valence-corrected chi connectivity index (χ1v) is 5.30. The van der Waals surface area contributed by atoms with E-state index in [1.54, 1.807) is 7.05 Å². The minimum atomic E-state index is -4.26. The number of anilines is 2. The fourth-order valence-electron chi connectivity index (χ4n) is 1.45. The van der Waals surface area contributed by atoms with Gasteiger partial charge in [-0.3, -0.25) is 0 Å². The van der Waals surface area contributed by atoms with Gasteiger partial charge in [0, 0.05) is 12.6 Å². The summed E-state index contributed by atoms with van der Waals surface area (Å²) in [6.07, 6.45) is -1.59. The number of aromatic nitrogens is 2. The molecule has 4 nitrogen and oxygen atoms in total. The summed E-state index contributed by atoms with van der Waals surface area (Å²) in [5, 5.41) is 5.14. The lowest BCUT2D eigenvalue weighted by molar-refractivity contribution is -0.115. The van der Waals surface area contributed by atoms with Crippen molar-refractivity contribution in [3.8, 4) is 0 Å². The van der Waals surface area contributed by atoms with Crippen molar-refractivity contribution in [3.63, 3.8) is 0 Å². The van der Waals surface area contributed by atoms with Gasteiger partial charge in [-0.05, 0) is 6.42 Å². The van der Waals surface area contributed by atoms with Gasteiger partial charge in [0.05, 0.1) is 0 Å². The lowest BCUT2D eigenvalue weighted by Gasteiger charge is -2.14. The highest BCUT2D eigenvalue weighted by molar-refractivity contribution is 5.57. The second-order valence-electron chi connectivity index (χ2n) is 3.52. The molecule has 0 spiro atoms. The van der Waals surface area contributed by atoms with Crippen molar-refractivity contribution in [3.05, 3.63) is 11.9 Å². The zero-order chi connectivity index (χ0) is 12.9. The Balaban J connectivity index is 2.89. The number of rotatable bonds is 5. The Morgan fingerprint density at radius 3 is 2.41 bits per heavy atom. The van der Waals surface area contributed by atoms with Crippen molar-refractivity contribution < 1.29 is 13.2 Å². The monoisotopic (exact) mass is 248 g/mol. The van der Waals surface area contributed by atoms with Gasteiger partial charge in [-0.2, -0.15) is 13.2 Å². The standard InChI is InChI=1S/C10H15F3N4/c1-3-4-7-8(14-2)16-6-17-9(7)15-5-10(11,12)13/h6H,3-5H2,1-2H3,(H2,14,15,16,17). The SMILES string of the molecule is CCCc1c(NC)ncnc1NCC(F)(F)F. The molecule has 1 aromatic rings. The van der Waals surface area contributed by atoms with Crippen LogP contribution in [0.25, 0.3) is 0 Å². The highest BCUT2D eigenvalue weighted by Gasteiger charge is 2.27. The molecular weight excluding hydrogens is 233 g/mol. The minimum absolute atomic E-state index is 0.239. The molecule has 0 aliphatic heterocycles. The molecule has 0 saturated heterocycles. The molecule has 0 aliphatic rings. The summed E-state index contributed by atoms with van der Waals surface area (Å²) in [7, 11) is 1.68. The topological polar surface area (TPSA) is 49.8 Å². The molecule has 0 amide bonds. The van der Waals surface area contributed by atoms with E-state index >= 15 is 0 Å². The summed E-state index contributed by atoms with van der Waals surface area (Å²) in [6, 6.07) is 0. The molecule has 0 radical (unpaired) electrons. The maximum absolute atomic E-state index is 12.1. The van der Waals surface area contributed by atoms with E-state index in [0.717, 1.165) is 6.42 Å². The molecule has 0 atom stereocenters. The van der Waals surface area contributed by atoms with Gasteiger partial charge in [-0.15, -0.1) is 0 Å². The van der Waals surface area contributed by atoms with E-state index in [2.05, 4.69) is 20.6 Å². The Bertz CT molecular complexity index is 365. The van der Waals surface area contributed by atoms with Crippen LogP contribution >= 0.6 is 0 Å². The lowest BCUT2D eigenvalue weighted by Crippen LogP contribution is -2.22. The molecule has 17 heavy (non-hydrogen) atoms. The predicted molar refractivity (Wildman–Crippen MR) is 60.1 cm³/mol. The summed E-state index contributed by atoms with van der Waals surface area (Å²) in [4.78, 5) is 7.82. The summed E-state index contributed by atoms with van der Waals surface area (Å²) in [5.74, 6) is 0.801. The van der Waals surface area contributed by atoms with E-state index in [4.69, 9.17) is 0 Å². The molecule has 96 valence electrons. The Kier molecular flexibility index (Phi) is 4.53. The summed E-state index contributed by atoms with van der Waals surface area (Å²) in [5.41, 5.74) is 0.682. The third-order valence-electron chi connectivity index (χ3n) is 2.14. The third-order valence-corrected chi connectivity index (χ3v) is 2.14. The number of alkyl halides is 3. The average molecular weight is 248 g/mol. The zero-order valence-corrected chi connectivity index (χ0v) is 9.73. The van der Waals surface area contributed by atoms with Gasteiger partial charge in [-0.25, -0.2) is 9.97 Å². The quantitative estimate of drug-likeness (QED) is 0.840. The van der Waals surface area contributed by atoms with Crippen molar-refractivity contribution in [2.24, 2.45) is 0 Å². The lowest BCUT2D eigenvalue weighted by atomic mass is 10.1. The molecule has 7 heteroatoms. The Morgan fingerprint density at radius 1 is 1.24 bits per heavy atom. The third kappa shape index (κ3) is 4.08. The number of nitrogens with one attached hydrogen (secondary N) is 2. The van der Waals surface area contributed by atoms with Gasteiger partial charge in [0.15, 0.2) is 0 Å². The molecule has 0 aromatic carbocycles. The van der Waals surface area contributed by atoms with E-state index < -0.39 is 12.7 Å². The Hall–Kier alpha value is -1.53. The van der Waals surface area contributed by atoms with Gasteiger partial charge < -0.3 is 10.6 Å². The van der Waals surface area contributed by atoms with Gasteiger partial charge in [0.1, 0.15) is 24.5 Å². The number of hydrogen-bond acceptors (Lipinski definition) is 4. The number of nitrogens with zero attached hydrogens (tertiary/aromatic N) is 2. The molecule has 1 heterocycles. The second kappa shape index (κ2) is 5.70. The van der Waals surface area contributed by atoms with Gasteiger partial charge in [0.25, 0.3) is 0 Å². The molecule has 0 unspecified atom stereocenters. The number of halogens is 3. The molecular formula is C10H15F3N4. The van der Waals surface area contributed by atoms with E-state index in [-0.39, 0.29) is 5.82 Å². The van der Waals surface area contributed by atoms with Gasteiger partial charge in [-0.1, -0.05) is 13.3 Å². The van der Waals surface area contributed by atoms with Crippen molar-refractivity contribution in [2.45, 2.75) is 25.9 Å². The molecule has 0 saturated carbocycles. The van der Waals surface area contributed by atoms with Crippen LogP contribution in [0.15, 0.2) is 6.33 Å². The largest absolute Gasteiger partial charge is 0.405 e. The minimum Gasteiger partial charge on any atom is -0.373 e. The fraction of sp³-hybridized carbons (Fsp3) is 0.600.